The van der Waals surface area contributed by atoms with E-state index in [1.54, 1.807) is 0 Å². The molecule has 0 aliphatic heterocycles. The molecule has 0 unspecified atom stereocenters. The van der Waals surface area contributed by atoms with Crippen molar-refractivity contribution in [3.8, 4) is 0 Å². The van der Waals surface area contributed by atoms with Crippen LogP contribution in [0.2, 0.25) is 5.02 Å². The monoisotopic (exact) mass is 344 g/mol. The fourth-order valence-electron chi connectivity index (χ4n) is 0.938. The summed E-state index contributed by atoms with van der Waals surface area (Å²) in [7, 11) is -3.76. The van der Waals surface area contributed by atoms with Crippen molar-refractivity contribution in [2.24, 2.45) is 0 Å². The van der Waals surface area contributed by atoms with Gasteiger partial charge in [-0.15, -0.1) is 0 Å². The van der Waals surface area contributed by atoms with Crippen LogP contribution in [0.3, 0.4) is 0 Å². The first-order chi connectivity index (χ1) is 7.16. The fraction of sp³-hybridized carbons (Fsp3) is 0.222. The second kappa shape index (κ2) is 4.64. The van der Waals surface area contributed by atoms with Crippen molar-refractivity contribution in [1.29, 1.82) is 0 Å². The average molecular weight is 346 g/mol. The highest BCUT2D eigenvalue weighted by Gasteiger charge is 2.44. The van der Waals surface area contributed by atoms with Gasteiger partial charge < -0.3 is 0 Å². The summed E-state index contributed by atoms with van der Waals surface area (Å²) in [6, 6.07) is 5.79. The average Bonchev–Trinajstić information content (AvgIpc) is 2.16. The number of benzene rings is 1. The van der Waals surface area contributed by atoms with Crippen LogP contribution in [0.1, 0.15) is 10.4 Å². The number of halogens is 3. The summed E-state index contributed by atoms with van der Waals surface area (Å²) < 4.78 is 20.5. The van der Waals surface area contributed by atoms with E-state index >= 15 is 0 Å². The normalized spacial score (nSPS) is 15.5. The Morgan fingerprint density at radius 3 is 2.12 bits per heavy atom. The Kier molecular flexibility index (Phi) is 4.05. The molecule has 1 atom stereocenters. The molecule has 0 saturated heterocycles. The first kappa shape index (κ1) is 14.0. The molecule has 0 saturated carbocycles. The number of sulfone groups is 1. The number of carbonyl (C=O) groups excluding carboxylic acids is 1. The Balaban J connectivity index is 3.18. The van der Waals surface area contributed by atoms with Gasteiger partial charge in [0.25, 0.3) is 3.12 Å². The summed E-state index contributed by atoms with van der Waals surface area (Å²) in [5.41, 5.74) is 0.168. The van der Waals surface area contributed by atoms with Crippen molar-refractivity contribution in [3.05, 3.63) is 34.9 Å². The van der Waals surface area contributed by atoms with E-state index in [0.29, 0.717) is 5.02 Å². The van der Waals surface area contributed by atoms with Crippen molar-refractivity contribution < 1.29 is 13.2 Å². The van der Waals surface area contributed by atoms with Crippen LogP contribution in [0, 0.1) is 0 Å². The van der Waals surface area contributed by atoms with E-state index in [4.69, 9.17) is 23.2 Å². The number of carbonyl (C=O) groups is 1. The molecule has 1 aromatic carbocycles. The Morgan fingerprint density at radius 2 is 1.75 bits per heavy atom. The quantitative estimate of drug-likeness (QED) is 0.625. The minimum atomic E-state index is -3.76. The van der Waals surface area contributed by atoms with E-state index in [-0.39, 0.29) is 5.56 Å². The van der Waals surface area contributed by atoms with Crippen LogP contribution in [0.5, 0.6) is 0 Å². The Hall–Kier alpha value is -0.100. The van der Waals surface area contributed by atoms with Crippen LogP contribution in [0.15, 0.2) is 24.3 Å². The third kappa shape index (κ3) is 2.77. The van der Waals surface area contributed by atoms with Crippen LogP contribution in [0.4, 0.5) is 0 Å². The van der Waals surface area contributed by atoms with Gasteiger partial charge in [-0.05, 0) is 40.2 Å². The molecule has 1 aromatic rings. The molecular weight excluding hydrogens is 339 g/mol. The molecule has 16 heavy (non-hydrogen) atoms. The highest BCUT2D eigenvalue weighted by Crippen LogP contribution is 2.33. The summed E-state index contributed by atoms with van der Waals surface area (Å²) in [5, 5.41) is 0.450. The predicted octanol–water partition coefficient (Wildman–Crippen LogP) is 2.85. The standard InChI is InChI=1S/C9H7BrCl2O3S/c1-16(14,15)9(10,12)8(13)6-2-4-7(11)5-3-6/h2-5H,1H3/t9-/m1/s1. The zero-order chi connectivity index (χ0) is 12.6. The van der Waals surface area contributed by atoms with Gasteiger partial charge >= 0.3 is 0 Å². The van der Waals surface area contributed by atoms with E-state index in [0.717, 1.165) is 6.26 Å². The molecule has 1 rings (SSSR count). The van der Waals surface area contributed by atoms with Gasteiger partial charge in [0.2, 0.25) is 5.78 Å². The van der Waals surface area contributed by atoms with Crippen LogP contribution < -0.4 is 0 Å². The van der Waals surface area contributed by atoms with Gasteiger partial charge in [0, 0.05) is 16.8 Å². The summed E-state index contributed by atoms with van der Waals surface area (Å²) in [6.45, 7) is 0. The number of hydrogen-bond acceptors (Lipinski definition) is 3. The Morgan fingerprint density at radius 1 is 1.31 bits per heavy atom. The lowest BCUT2D eigenvalue weighted by Crippen LogP contribution is -2.34. The lowest BCUT2D eigenvalue weighted by Gasteiger charge is -2.16. The number of alkyl halides is 2. The van der Waals surface area contributed by atoms with Gasteiger partial charge in [-0.1, -0.05) is 23.2 Å². The maximum Gasteiger partial charge on any atom is 0.261 e. The number of hydrogen-bond donors (Lipinski definition) is 0. The summed E-state index contributed by atoms with van der Waals surface area (Å²) >= 11 is 14.0. The molecule has 0 radical (unpaired) electrons. The van der Waals surface area contributed by atoms with E-state index in [1.807, 2.05) is 0 Å². The van der Waals surface area contributed by atoms with Gasteiger partial charge in [0.05, 0.1) is 0 Å². The second-order valence-electron chi connectivity index (χ2n) is 3.12. The maximum absolute atomic E-state index is 11.8. The topological polar surface area (TPSA) is 51.2 Å². The third-order valence-corrected chi connectivity index (χ3v) is 6.34. The van der Waals surface area contributed by atoms with Crippen LogP contribution in [-0.2, 0) is 9.84 Å². The van der Waals surface area contributed by atoms with E-state index in [9.17, 15) is 13.2 Å². The molecule has 0 aromatic heterocycles. The minimum absolute atomic E-state index is 0.168. The first-order valence-electron chi connectivity index (χ1n) is 4.04. The Bertz CT molecular complexity index is 508. The van der Waals surface area contributed by atoms with Gasteiger partial charge in [-0.25, -0.2) is 8.42 Å². The minimum Gasteiger partial charge on any atom is -0.290 e. The lowest BCUT2D eigenvalue weighted by molar-refractivity contribution is 0.1000. The van der Waals surface area contributed by atoms with Crippen molar-refractivity contribution in [2.45, 2.75) is 3.12 Å². The zero-order valence-corrected chi connectivity index (χ0v) is 12.0. The highest BCUT2D eigenvalue weighted by molar-refractivity contribution is 9.12. The molecule has 0 heterocycles. The zero-order valence-electron chi connectivity index (χ0n) is 8.08. The van der Waals surface area contributed by atoms with Crippen LogP contribution in [-0.4, -0.2) is 23.6 Å². The molecule has 0 spiro atoms. The first-order valence-corrected chi connectivity index (χ1v) is 7.48. The number of Topliss-reactive ketones (excluding diaryl/α,β-unsaturated/α-hetero) is 1. The van der Waals surface area contributed by atoms with Crippen molar-refractivity contribution in [2.75, 3.05) is 6.26 Å². The molecule has 0 amide bonds. The molecule has 0 N–H and O–H groups in total. The smallest absolute Gasteiger partial charge is 0.261 e. The van der Waals surface area contributed by atoms with E-state index in [1.165, 1.54) is 24.3 Å². The fourth-order valence-corrected chi connectivity index (χ4v) is 1.86. The van der Waals surface area contributed by atoms with E-state index < -0.39 is 18.7 Å². The number of rotatable bonds is 3. The molecule has 3 nitrogen and oxygen atoms in total. The molecule has 0 aliphatic rings. The largest absolute Gasteiger partial charge is 0.290 e. The molecular formula is C9H7BrCl2O3S. The predicted molar refractivity (Wildman–Crippen MR) is 68.1 cm³/mol. The van der Waals surface area contributed by atoms with Gasteiger partial charge in [-0.3, -0.25) is 4.79 Å². The molecule has 88 valence electrons. The third-order valence-electron chi connectivity index (χ3n) is 1.84. The number of ketones is 1. The SMILES string of the molecule is CS(=O)(=O)[C@@](Cl)(Br)C(=O)c1ccc(Cl)cc1. The van der Waals surface area contributed by atoms with Crippen molar-refractivity contribution >= 4 is 54.8 Å². The van der Waals surface area contributed by atoms with Gasteiger partial charge in [0.1, 0.15) is 0 Å². The summed E-state index contributed by atoms with van der Waals surface area (Å²) in [4.78, 5) is 11.8. The van der Waals surface area contributed by atoms with Crippen LogP contribution in [0.25, 0.3) is 0 Å². The second-order valence-corrected chi connectivity index (χ2v) is 8.68. The highest BCUT2D eigenvalue weighted by atomic mass is 79.9. The molecule has 0 bridgehead atoms. The van der Waals surface area contributed by atoms with E-state index in [2.05, 4.69) is 15.9 Å². The maximum atomic E-state index is 11.8. The molecule has 0 fully saturated rings. The molecule has 0 aliphatic carbocycles. The molecule has 7 heteroatoms. The lowest BCUT2D eigenvalue weighted by atomic mass is 10.1. The van der Waals surface area contributed by atoms with Crippen molar-refractivity contribution in [3.63, 3.8) is 0 Å². The summed E-state index contributed by atoms with van der Waals surface area (Å²) in [6.07, 6.45) is 0.878. The van der Waals surface area contributed by atoms with Gasteiger partial charge in [0.15, 0.2) is 9.84 Å². The van der Waals surface area contributed by atoms with Gasteiger partial charge in [-0.2, -0.15) is 0 Å². The van der Waals surface area contributed by atoms with Crippen LogP contribution >= 0.6 is 39.1 Å². The Labute approximate surface area is 112 Å². The summed E-state index contributed by atoms with van der Waals surface area (Å²) in [5.74, 6) is -0.742. The van der Waals surface area contributed by atoms with Crippen molar-refractivity contribution in [1.82, 2.24) is 0 Å².